The summed E-state index contributed by atoms with van der Waals surface area (Å²) in [6, 6.07) is 28.0. The molecule has 1 aliphatic carbocycles. The quantitative estimate of drug-likeness (QED) is 0.483. The third kappa shape index (κ3) is 3.69. The van der Waals surface area contributed by atoms with Crippen molar-refractivity contribution in [3.63, 3.8) is 0 Å². The molecule has 0 bridgehead atoms. The molecule has 136 valence electrons. The first-order valence-electron chi connectivity index (χ1n) is 9.16. The molecule has 0 fully saturated rings. The van der Waals surface area contributed by atoms with Crippen molar-refractivity contribution in [2.75, 3.05) is 0 Å². The number of aromatic nitrogens is 1. The van der Waals surface area contributed by atoms with E-state index in [1.807, 2.05) is 0 Å². The fraction of sp³-hybridized carbons (Fsp3) is 0.0400. The zero-order valence-corrected chi connectivity index (χ0v) is 15.3. The van der Waals surface area contributed by atoms with Crippen LogP contribution in [0.3, 0.4) is 0 Å². The molecule has 0 amide bonds. The first-order chi connectivity index (χ1) is 13.7. The number of hydrogen-bond donors (Lipinski definition) is 0. The van der Waals surface area contributed by atoms with E-state index in [9.17, 15) is 9.59 Å². The Kier molecular flexibility index (Phi) is 4.98. The molecule has 5 rings (SSSR count). The Morgan fingerprint density at radius 1 is 0.607 bits per heavy atom. The number of hydrogen-bond acceptors (Lipinski definition) is 2. The number of benzene rings is 3. The molecule has 3 nitrogen and oxygen atoms in total. The van der Waals surface area contributed by atoms with E-state index < -0.39 is 0 Å². The van der Waals surface area contributed by atoms with Gasteiger partial charge in [0, 0.05) is 29.4 Å². The fourth-order valence-corrected chi connectivity index (χ4v) is 3.30. The van der Waals surface area contributed by atoms with E-state index in [2.05, 4.69) is 71.4 Å². The lowest BCUT2D eigenvalue weighted by Gasteiger charge is -2.06. The number of carbonyl (C=O) groups excluding carboxylic acids is 2. The normalized spacial score (nSPS) is 12.4. The van der Waals surface area contributed by atoms with Gasteiger partial charge in [0.25, 0.3) is 0 Å². The van der Waals surface area contributed by atoms with Gasteiger partial charge in [-0.2, -0.15) is 0 Å². The Morgan fingerprint density at radius 2 is 1.18 bits per heavy atom. The predicted molar refractivity (Wildman–Crippen MR) is 112 cm³/mol. The van der Waals surface area contributed by atoms with E-state index in [0.717, 1.165) is 6.54 Å². The van der Waals surface area contributed by atoms with Crippen LogP contribution in [0.1, 0.15) is 26.3 Å². The molecule has 0 unspecified atom stereocenters. The van der Waals surface area contributed by atoms with Gasteiger partial charge in [0.05, 0.1) is 0 Å². The SMILES string of the molecule is O=C1C=CC(=O)c2ccccc21.c1ccc(Cn2ccc3ccccc32)cc1. The lowest BCUT2D eigenvalue weighted by atomic mass is 9.95. The molecule has 28 heavy (non-hydrogen) atoms. The molecular formula is C25H19NO2. The van der Waals surface area contributed by atoms with Crippen molar-refractivity contribution in [2.45, 2.75) is 6.54 Å². The maximum Gasteiger partial charge on any atom is 0.186 e. The van der Waals surface area contributed by atoms with Crippen LogP contribution in [0.2, 0.25) is 0 Å². The Labute approximate surface area is 163 Å². The van der Waals surface area contributed by atoms with Gasteiger partial charge in [-0.25, -0.2) is 0 Å². The van der Waals surface area contributed by atoms with E-state index in [4.69, 9.17) is 0 Å². The number of carbonyl (C=O) groups is 2. The standard InChI is InChI=1S/C15H13N.C10H6O2/c1-2-6-13(7-3-1)12-16-11-10-14-8-4-5-9-15(14)16;11-9-5-6-10(12)8-4-2-1-3-7(8)9/h1-11H,12H2;1-6H. The van der Waals surface area contributed by atoms with Gasteiger partial charge in [-0.1, -0.05) is 72.8 Å². The van der Waals surface area contributed by atoms with Gasteiger partial charge in [0.1, 0.15) is 0 Å². The summed E-state index contributed by atoms with van der Waals surface area (Å²) in [4.78, 5) is 22.4. The zero-order chi connectivity index (χ0) is 19.3. The van der Waals surface area contributed by atoms with Gasteiger partial charge in [0.15, 0.2) is 11.6 Å². The molecular weight excluding hydrogens is 346 g/mol. The monoisotopic (exact) mass is 365 g/mol. The van der Waals surface area contributed by atoms with Gasteiger partial charge >= 0.3 is 0 Å². The number of allylic oxidation sites excluding steroid dienone is 2. The van der Waals surface area contributed by atoms with Gasteiger partial charge in [-0.05, 0) is 35.2 Å². The van der Waals surface area contributed by atoms with E-state index in [-0.39, 0.29) is 11.6 Å². The van der Waals surface area contributed by atoms with Crippen molar-refractivity contribution >= 4 is 22.5 Å². The highest BCUT2D eigenvalue weighted by atomic mass is 16.1. The highest BCUT2D eigenvalue weighted by Crippen LogP contribution is 2.17. The second kappa shape index (κ2) is 7.89. The molecule has 3 aromatic carbocycles. The third-order valence-corrected chi connectivity index (χ3v) is 4.72. The molecule has 1 aromatic heterocycles. The van der Waals surface area contributed by atoms with Crippen molar-refractivity contribution in [1.82, 2.24) is 4.57 Å². The average molecular weight is 365 g/mol. The van der Waals surface area contributed by atoms with Crippen molar-refractivity contribution in [3.8, 4) is 0 Å². The molecule has 0 N–H and O–H groups in total. The van der Waals surface area contributed by atoms with Crippen LogP contribution in [0.15, 0.2) is 103 Å². The van der Waals surface area contributed by atoms with Crippen LogP contribution in [0.4, 0.5) is 0 Å². The highest BCUT2D eigenvalue weighted by Gasteiger charge is 2.16. The predicted octanol–water partition coefficient (Wildman–Crippen LogP) is 5.31. The number of ketones is 2. The minimum Gasteiger partial charge on any atom is -0.343 e. The lowest BCUT2D eigenvalue weighted by molar-refractivity contribution is 0.0994. The summed E-state index contributed by atoms with van der Waals surface area (Å²) in [5.74, 6) is -0.185. The van der Waals surface area contributed by atoms with Crippen molar-refractivity contribution in [2.24, 2.45) is 0 Å². The molecule has 0 spiro atoms. The van der Waals surface area contributed by atoms with Crippen LogP contribution in [-0.4, -0.2) is 16.1 Å². The number of para-hydroxylation sites is 1. The molecule has 0 saturated heterocycles. The van der Waals surface area contributed by atoms with Gasteiger partial charge in [-0.3, -0.25) is 9.59 Å². The van der Waals surface area contributed by atoms with Gasteiger partial charge in [-0.15, -0.1) is 0 Å². The smallest absolute Gasteiger partial charge is 0.186 e. The summed E-state index contributed by atoms with van der Waals surface area (Å²) in [5, 5.41) is 1.30. The fourth-order valence-electron chi connectivity index (χ4n) is 3.30. The van der Waals surface area contributed by atoms with Gasteiger partial charge < -0.3 is 4.57 Å². The molecule has 0 radical (unpaired) electrons. The van der Waals surface area contributed by atoms with Gasteiger partial charge in [0.2, 0.25) is 0 Å². The third-order valence-electron chi connectivity index (χ3n) is 4.72. The minimum atomic E-state index is -0.0924. The highest BCUT2D eigenvalue weighted by molar-refractivity contribution is 6.21. The van der Waals surface area contributed by atoms with E-state index in [1.54, 1.807) is 24.3 Å². The topological polar surface area (TPSA) is 39.1 Å². The number of nitrogens with zero attached hydrogens (tertiary/aromatic N) is 1. The minimum absolute atomic E-state index is 0.0924. The molecule has 0 aliphatic heterocycles. The molecule has 1 aliphatic rings. The van der Waals surface area contributed by atoms with Crippen LogP contribution in [0, 0.1) is 0 Å². The Morgan fingerprint density at radius 3 is 1.86 bits per heavy atom. The second-order valence-electron chi connectivity index (χ2n) is 6.60. The first kappa shape index (κ1) is 17.7. The molecule has 1 heterocycles. The largest absolute Gasteiger partial charge is 0.343 e. The summed E-state index contributed by atoms with van der Waals surface area (Å²) in [7, 11) is 0. The maximum absolute atomic E-state index is 11.2. The molecule has 3 heteroatoms. The average Bonchev–Trinajstić information content (AvgIpc) is 3.15. The van der Waals surface area contributed by atoms with Crippen LogP contribution in [0.5, 0.6) is 0 Å². The van der Waals surface area contributed by atoms with Crippen LogP contribution in [0.25, 0.3) is 10.9 Å². The summed E-state index contributed by atoms with van der Waals surface area (Å²) in [5.41, 5.74) is 3.64. The van der Waals surface area contributed by atoms with Crippen molar-refractivity contribution in [1.29, 1.82) is 0 Å². The Bertz CT molecular complexity index is 1130. The number of rotatable bonds is 2. The van der Waals surface area contributed by atoms with E-state index >= 15 is 0 Å². The van der Waals surface area contributed by atoms with E-state index in [0.29, 0.717) is 11.1 Å². The van der Waals surface area contributed by atoms with Crippen LogP contribution in [-0.2, 0) is 6.54 Å². The first-order valence-corrected chi connectivity index (χ1v) is 9.16. The number of fused-ring (bicyclic) bond motifs is 2. The van der Waals surface area contributed by atoms with Crippen LogP contribution < -0.4 is 0 Å². The van der Waals surface area contributed by atoms with Crippen LogP contribution >= 0.6 is 0 Å². The van der Waals surface area contributed by atoms with Crippen molar-refractivity contribution in [3.05, 3.63) is 120 Å². The Hall–Kier alpha value is -3.72. The molecule has 0 atom stereocenters. The summed E-state index contributed by atoms with van der Waals surface area (Å²) >= 11 is 0. The second-order valence-corrected chi connectivity index (χ2v) is 6.60. The summed E-state index contributed by atoms with van der Waals surface area (Å²) < 4.78 is 2.28. The lowest BCUT2D eigenvalue weighted by Crippen LogP contribution is -2.10. The maximum atomic E-state index is 11.2. The van der Waals surface area contributed by atoms with E-state index in [1.165, 1.54) is 28.6 Å². The molecule has 0 saturated carbocycles. The Balaban J connectivity index is 0.000000143. The summed E-state index contributed by atoms with van der Waals surface area (Å²) in [6.07, 6.45) is 4.77. The molecule has 4 aromatic rings. The summed E-state index contributed by atoms with van der Waals surface area (Å²) in [6.45, 7) is 0.939. The zero-order valence-electron chi connectivity index (χ0n) is 15.3. The van der Waals surface area contributed by atoms with Crippen molar-refractivity contribution < 1.29 is 9.59 Å².